The number of nitrogens with one attached hydrogen (secondary N) is 1. The summed E-state index contributed by atoms with van der Waals surface area (Å²) in [6.45, 7) is 1.81. The Balaban J connectivity index is 2.06. The van der Waals surface area contributed by atoms with Crippen molar-refractivity contribution in [2.75, 3.05) is 5.32 Å². The Labute approximate surface area is 123 Å². The maximum atomic E-state index is 13.5. The molecule has 3 nitrogen and oxygen atoms in total. The summed E-state index contributed by atoms with van der Waals surface area (Å²) in [7, 11) is 0. The van der Waals surface area contributed by atoms with Crippen LogP contribution in [-0.4, -0.2) is 17.3 Å². The highest BCUT2D eigenvalue weighted by molar-refractivity contribution is 5.58. The minimum Gasteiger partial charge on any atom is -0.391 e. The van der Waals surface area contributed by atoms with E-state index in [1.165, 1.54) is 12.1 Å². The van der Waals surface area contributed by atoms with Crippen molar-refractivity contribution < 1.29 is 9.50 Å². The number of halogens is 1. The first kappa shape index (κ1) is 15.0. The Kier molecular flexibility index (Phi) is 4.91. The van der Waals surface area contributed by atoms with Crippen LogP contribution < -0.4 is 5.32 Å². The van der Waals surface area contributed by atoms with Crippen LogP contribution in [0.1, 0.15) is 18.1 Å². The van der Waals surface area contributed by atoms with Gasteiger partial charge >= 0.3 is 0 Å². The largest absolute Gasteiger partial charge is 0.391 e. The van der Waals surface area contributed by atoms with Crippen LogP contribution in [0.25, 0.3) is 0 Å². The van der Waals surface area contributed by atoms with E-state index in [0.717, 1.165) is 5.56 Å². The number of hydrogen-bond donors (Lipinski definition) is 2. The third-order valence-corrected chi connectivity index (χ3v) is 3.37. The summed E-state index contributed by atoms with van der Waals surface area (Å²) < 4.78 is 13.5. The lowest BCUT2D eigenvalue weighted by atomic mass is 10.0. The van der Waals surface area contributed by atoms with Crippen molar-refractivity contribution in [3.8, 4) is 6.07 Å². The summed E-state index contributed by atoms with van der Waals surface area (Å²) in [5, 5.41) is 22.2. The normalized spacial score (nSPS) is 13.2. The van der Waals surface area contributed by atoms with Gasteiger partial charge in [-0.15, -0.1) is 0 Å². The van der Waals surface area contributed by atoms with E-state index in [1.54, 1.807) is 13.0 Å². The molecule has 2 rings (SSSR count). The fourth-order valence-electron chi connectivity index (χ4n) is 2.13. The molecule has 0 saturated carbocycles. The molecular weight excluding hydrogens is 267 g/mol. The second kappa shape index (κ2) is 6.87. The average Bonchev–Trinajstić information content (AvgIpc) is 2.48. The number of benzene rings is 2. The molecule has 0 heterocycles. The van der Waals surface area contributed by atoms with Crippen LogP contribution in [0.2, 0.25) is 0 Å². The lowest BCUT2D eigenvalue weighted by Crippen LogP contribution is -2.32. The van der Waals surface area contributed by atoms with Gasteiger partial charge in [-0.3, -0.25) is 0 Å². The van der Waals surface area contributed by atoms with Gasteiger partial charge in [0.15, 0.2) is 0 Å². The molecule has 0 spiro atoms. The summed E-state index contributed by atoms with van der Waals surface area (Å²) in [5.74, 6) is -0.563. The van der Waals surface area contributed by atoms with Crippen LogP contribution in [0, 0.1) is 17.1 Å². The number of aliphatic hydroxyl groups excluding tert-OH is 1. The summed E-state index contributed by atoms with van der Waals surface area (Å²) in [6, 6.07) is 15.6. The van der Waals surface area contributed by atoms with Crippen molar-refractivity contribution in [1.82, 2.24) is 0 Å². The van der Waals surface area contributed by atoms with Gasteiger partial charge in [-0.05, 0) is 24.6 Å². The van der Waals surface area contributed by atoms with Crippen molar-refractivity contribution in [3.05, 3.63) is 65.5 Å². The van der Waals surface area contributed by atoms with E-state index < -0.39 is 11.9 Å². The topological polar surface area (TPSA) is 56.0 Å². The highest BCUT2D eigenvalue weighted by Gasteiger charge is 2.17. The lowest BCUT2D eigenvalue weighted by Gasteiger charge is -2.22. The molecule has 2 unspecified atom stereocenters. The number of anilines is 1. The second-order valence-electron chi connectivity index (χ2n) is 4.96. The number of rotatable bonds is 5. The Hall–Kier alpha value is -2.38. The summed E-state index contributed by atoms with van der Waals surface area (Å²) in [5.41, 5.74) is 1.40. The Morgan fingerprint density at radius 1 is 1.19 bits per heavy atom. The smallest absolute Gasteiger partial charge is 0.143 e. The van der Waals surface area contributed by atoms with E-state index in [2.05, 4.69) is 5.32 Å². The molecule has 0 radical (unpaired) electrons. The Morgan fingerprint density at radius 3 is 2.57 bits per heavy atom. The second-order valence-corrected chi connectivity index (χ2v) is 4.96. The van der Waals surface area contributed by atoms with E-state index in [4.69, 9.17) is 5.26 Å². The van der Waals surface area contributed by atoms with Crippen LogP contribution in [-0.2, 0) is 6.42 Å². The molecule has 21 heavy (non-hydrogen) atoms. The number of nitrogens with zero attached hydrogens (tertiary/aromatic N) is 1. The number of hydrogen-bond acceptors (Lipinski definition) is 3. The van der Waals surface area contributed by atoms with E-state index in [9.17, 15) is 9.50 Å². The molecule has 0 amide bonds. The molecule has 2 N–H and O–H groups in total. The molecule has 0 bridgehead atoms. The monoisotopic (exact) mass is 284 g/mol. The van der Waals surface area contributed by atoms with E-state index in [0.29, 0.717) is 12.1 Å². The van der Waals surface area contributed by atoms with Crippen LogP contribution in [0.5, 0.6) is 0 Å². The summed E-state index contributed by atoms with van der Waals surface area (Å²) in [4.78, 5) is 0. The van der Waals surface area contributed by atoms with Crippen molar-refractivity contribution >= 4 is 5.69 Å². The van der Waals surface area contributed by atoms with E-state index in [1.807, 2.05) is 36.4 Å². The molecule has 0 fully saturated rings. The van der Waals surface area contributed by atoms with Crippen LogP contribution in [0.15, 0.2) is 48.5 Å². The minimum absolute atomic E-state index is 0.0312. The fraction of sp³-hybridized carbons (Fsp3) is 0.235. The quantitative estimate of drug-likeness (QED) is 0.887. The number of nitriles is 1. The first-order valence-electron chi connectivity index (χ1n) is 6.79. The first-order valence-corrected chi connectivity index (χ1v) is 6.79. The highest BCUT2D eigenvalue weighted by Crippen LogP contribution is 2.20. The fourth-order valence-corrected chi connectivity index (χ4v) is 2.13. The Morgan fingerprint density at radius 2 is 1.90 bits per heavy atom. The van der Waals surface area contributed by atoms with Gasteiger partial charge in [0.2, 0.25) is 0 Å². The van der Waals surface area contributed by atoms with Crippen molar-refractivity contribution in [2.45, 2.75) is 25.5 Å². The molecule has 0 aromatic heterocycles. The molecule has 2 aromatic carbocycles. The summed E-state index contributed by atoms with van der Waals surface area (Å²) in [6.07, 6.45) is -0.145. The van der Waals surface area contributed by atoms with Crippen molar-refractivity contribution in [2.24, 2.45) is 0 Å². The zero-order valence-electron chi connectivity index (χ0n) is 11.8. The molecule has 0 aliphatic carbocycles. The molecule has 108 valence electrons. The SMILES string of the molecule is CC(Nc1cccc(F)c1C#N)C(O)Cc1ccccc1. The van der Waals surface area contributed by atoms with Gasteiger partial charge in [-0.25, -0.2) is 4.39 Å². The van der Waals surface area contributed by atoms with Crippen LogP contribution >= 0.6 is 0 Å². The lowest BCUT2D eigenvalue weighted by molar-refractivity contribution is 0.158. The van der Waals surface area contributed by atoms with E-state index >= 15 is 0 Å². The molecule has 4 heteroatoms. The maximum Gasteiger partial charge on any atom is 0.143 e. The molecule has 2 atom stereocenters. The van der Waals surface area contributed by atoms with Gasteiger partial charge in [0.05, 0.1) is 11.8 Å². The van der Waals surface area contributed by atoms with E-state index in [-0.39, 0.29) is 11.6 Å². The minimum atomic E-state index is -0.637. The predicted molar refractivity (Wildman–Crippen MR) is 80.4 cm³/mol. The van der Waals surface area contributed by atoms with Gasteiger partial charge in [0.1, 0.15) is 17.4 Å². The van der Waals surface area contributed by atoms with Gasteiger partial charge in [-0.1, -0.05) is 36.4 Å². The highest BCUT2D eigenvalue weighted by atomic mass is 19.1. The zero-order chi connectivity index (χ0) is 15.2. The third-order valence-electron chi connectivity index (χ3n) is 3.37. The Bertz CT molecular complexity index is 637. The molecule has 0 saturated heterocycles. The van der Waals surface area contributed by atoms with Crippen LogP contribution in [0.4, 0.5) is 10.1 Å². The first-order chi connectivity index (χ1) is 10.1. The summed E-state index contributed by atoms with van der Waals surface area (Å²) >= 11 is 0. The number of aliphatic hydroxyl groups is 1. The standard InChI is InChI=1S/C17H17FN2O/c1-12(17(21)10-13-6-3-2-4-7-13)20-16-9-5-8-15(18)14(16)11-19/h2-9,12,17,20-21H,10H2,1H3. The molecule has 2 aromatic rings. The van der Waals surface area contributed by atoms with Crippen LogP contribution in [0.3, 0.4) is 0 Å². The average molecular weight is 284 g/mol. The third kappa shape index (κ3) is 3.80. The van der Waals surface area contributed by atoms with Gasteiger partial charge in [0, 0.05) is 12.5 Å². The molecular formula is C17H17FN2O. The van der Waals surface area contributed by atoms with Gasteiger partial charge < -0.3 is 10.4 Å². The van der Waals surface area contributed by atoms with Crippen molar-refractivity contribution in [1.29, 1.82) is 5.26 Å². The predicted octanol–water partition coefficient (Wildman–Crippen LogP) is 3.10. The molecule has 0 aliphatic rings. The molecule has 0 aliphatic heterocycles. The maximum absolute atomic E-state index is 13.5. The van der Waals surface area contributed by atoms with Crippen molar-refractivity contribution in [3.63, 3.8) is 0 Å². The van der Waals surface area contributed by atoms with Gasteiger partial charge in [-0.2, -0.15) is 5.26 Å². The zero-order valence-corrected chi connectivity index (χ0v) is 11.8. The van der Waals surface area contributed by atoms with Gasteiger partial charge in [0.25, 0.3) is 0 Å².